The maximum absolute atomic E-state index is 12.6. The first-order valence-corrected chi connectivity index (χ1v) is 9.63. The van der Waals surface area contributed by atoms with Crippen LogP contribution in [0.1, 0.15) is 26.3 Å². The molecule has 3 aromatic carbocycles. The minimum absolute atomic E-state index is 0.00772. The predicted octanol–water partition coefficient (Wildman–Crippen LogP) is 3.65. The zero-order chi connectivity index (χ0) is 22.2. The molecule has 0 bridgehead atoms. The first-order valence-electron chi connectivity index (χ1n) is 9.22. The lowest BCUT2D eigenvalue weighted by atomic mass is 10.1. The summed E-state index contributed by atoms with van der Waals surface area (Å²) in [7, 11) is 0. The van der Waals surface area contributed by atoms with Crippen LogP contribution in [-0.2, 0) is 6.54 Å². The summed E-state index contributed by atoms with van der Waals surface area (Å²) in [6.07, 6.45) is 0. The Morgan fingerprint density at radius 2 is 1.52 bits per heavy atom. The van der Waals surface area contributed by atoms with Crippen LogP contribution in [0.4, 0.5) is 11.4 Å². The molecule has 0 aliphatic rings. The molecule has 0 atom stereocenters. The van der Waals surface area contributed by atoms with E-state index in [0.29, 0.717) is 17.8 Å². The lowest BCUT2D eigenvalue weighted by Gasteiger charge is -2.13. The molecule has 3 aromatic rings. The third-order valence-electron chi connectivity index (χ3n) is 4.28. The van der Waals surface area contributed by atoms with Gasteiger partial charge in [0.25, 0.3) is 17.5 Å². The molecule has 3 rings (SSSR count). The average Bonchev–Trinajstić information content (AvgIpc) is 2.78. The van der Waals surface area contributed by atoms with Crippen LogP contribution in [0.5, 0.6) is 0 Å². The van der Waals surface area contributed by atoms with E-state index in [-0.39, 0.29) is 22.3 Å². The van der Waals surface area contributed by atoms with Gasteiger partial charge in [0.2, 0.25) is 0 Å². The van der Waals surface area contributed by atoms with Gasteiger partial charge < -0.3 is 10.6 Å². The topological polar surface area (TPSA) is 113 Å². The Labute approximate surface area is 183 Å². The van der Waals surface area contributed by atoms with Crippen LogP contribution < -0.4 is 16.0 Å². The molecule has 0 heterocycles. The molecule has 8 nitrogen and oxygen atoms in total. The third kappa shape index (κ3) is 5.94. The van der Waals surface area contributed by atoms with Crippen molar-refractivity contribution in [2.45, 2.75) is 6.54 Å². The third-order valence-corrected chi connectivity index (χ3v) is 4.49. The predicted molar refractivity (Wildman–Crippen MR) is 121 cm³/mol. The Balaban J connectivity index is 1.62. The summed E-state index contributed by atoms with van der Waals surface area (Å²) in [5.74, 6) is -0.824. The smallest absolute Gasteiger partial charge is 0.269 e. The van der Waals surface area contributed by atoms with Crippen LogP contribution in [-0.4, -0.2) is 21.9 Å². The Hall–Kier alpha value is -4.11. The van der Waals surface area contributed by atoms with Crippen molar-refractivity contribution in [2.24, 2.45) is 0 Å². The molecule has 156 valence electrons. The second-order valence-electron chi connectivity index (χ2n) is 6.43. The number of rotatable bonds is 6. The van der Waals surface area contributed by atoms with E-state index in [0.717, 1.165) is 5.56 Å². The molecule has 0 saturated heterocycles. The van der Waals surface area contributed by atoms with Crippen molar-refractivity contribution >= 4 is 40.5 Å². The number of non-ortho nitro benzene ring substituents is 1. The molecular formula is C22H18N4O4S. The van der Waals surface area contributed by atoms with E-state index in [9.17, 15) is 19.7 Å². The molecule has 0 aliphatic heterocycles. The zero-order valence-corrected chi connectivity index (χ0v) is 17.0. The molecule has 0 aliphatic carbocycles. The standard InChI is InChI=1S/C22H18N4O4S/c27-20(16-10-12-17(13-11-16)26(29)30)25-22(31)24-19-9-5-4-8-18(19)21(28)23-14-15-6-2-1-3-7-15/h1-13H,14H2,(H,23,28)(H2,24,25,27,31). The maximum Gasteiger partial charge on any atom is 0.269 e. The summed E-state index contributed by atoms with van der Waals surface area (Å²) in [5, 5.41) is 18.9. The number of nitrogens with zero attached hydrogens (tertiary/aromatic N) is 1. The Morgan fingerprint density at radius 3 is 2.19 bits per heavy atom. The van der Waals surface area contributed by atoms with Crippen molar-refractivity contribution in [1.82, 2.24) is 10.6 Å². The van der Waals surface area contributed by atoms with E-state index >= 15 is 0 Å². The summed E-state index contributed by atoms with van der Waals surface area (Å²) in [5.41, 5.74) is 1.86. The van der Waals surface area contributed by atoms with E-state index in [1.54, 1.807) is 24.3 Å². The number of anilines is 1. The molecule has 9 heteroatoms. The molecule has 31 heavy (non-hydrogen) atoms. The SMILES string of the molecule is O=C(NC(=S)Nc1ccccc1C(=O)NCc1ccccc1)c1ccc([N+](=O)[O-])cc1. The number of benzene rings is 3. The highest BCUT2D eigenvalue weighted by molar-refractivity contribution is 7.80. The van der Waals surface area contributed by atoms with Crippen molar-refractivity contribution in [2.75, 3.05) is 5.32 Å². The fourth-order valence-corrected chi connectivity index (χ4v) is 2.93. The minimum atomic E-state index is -0.548. The number of carbonyl (C=O) groups excluding carboxylic acids is 2. The number of thiocarbonyl (C=S) groups is 1. The second kappa shape index (κ2) is 10.1. The summed E-state index contributed by atoms with van der Waals surface area (Å²) < 4.78 is 0. The highest BCUT2D eigenvalue weighted by Crippen LogP contribution is 2.16. The number of nitro benzene ring substituents is 1. The van der Waals surface area contributed by atoms with Gasteiger partial charge in [-0.1, -0.05) is 42.5 Å². The number of para-hydroxylation sites is 1. The van der Waals surface area contributed by atoms with Crippen molar-refractivity contribution in [3.8, 4) is 0 Å². The second-order valence-corrected chi connectivity index (χ2v) is 6.83. The largest absolute Gasteiger partial charge is 0.348 e. The molecule has 0 saturated carbocycles. The average molecular weight is 434 g/mol. The van der Waals surface area contributed by atoms with E-state index in [1.165, 1.54) is 24.3 Å². The Morgan fingerprint density at radius 1 is 0.871 bits per heavy atom. The zero-order valence-electron chi connectivity index (χ0n) is 16.2. The molecule has 3 N–H and O–H groups in total. The number of hydrogen-bond donors (Lipinski definition) is 3. The van der Waals surface area contributed by atoms with E-state index < -0.39 is 10.8 Å². The number of amides is 2. The fourth-order valence-electron chi connectivity index (χ4n) is 2.73. The summed E-state index contributed by atoms with van der Waals surface area (Å²) >= 11 is 5.18. The highest BCUT2D eigenvalue weighted by atomic mass is 32.1. The summed E-state index contributed by atoms with van der Waals surface area (Å²) in [6, 6.07) is 21.4. The van der Waals surface area contributed by atoms with Gasteiger partial charge in [-0.2, -0.15) is 0 Å². The van der Waals surface area contributed by atoms with Crippen molar-refractivity contribution < 1.29 is 14.5 Å². The lowest BCUT2D eigenvalue weighted by molar-refractivity contribution is -0.384. The Bertz CT molecular complexity index is 1120. The van der Waals surface area contributed by atoms with Gasteiger partial charge in [0.15, 0.2) is 5.11 Å². The fraction of sp³-hybridized carbons (Fsp3) is 0.0455. The first kappa shape index (κ1) is 21.6. The number of nitro groups is 1. The number of nitrogens with one attached hydrogen (secondary N) is 3. The normalized spacial score (nSPS) is 10.1. The Kier molecular flexibility index (Phi) is 7.02. The number of hydrogen-bond acceptors (Lipinski definition) is 5. The molecule has 0 radical (unpaired) electrons. The molecule has 0 aromatic heterocycles. The monoisotopic (exact) mass is 434 g/mol. The van der Waals surface area contributed by atoms with Crippen LogP contribution in [0.3, 0.4) is 0 Å². The molecule has 0 spiro atoms. The van der Waals surface area contributed by atoms with Crippen LogP contribution in [0, 0.1) is 10.1 Å². The summed E-state index contributed by atoms with van der Waals surface area (Å²) in [6.45, 7) is 0.370. The molecule has 0 fully saturated rings. The van der Waals surface area contributed by atoms with Crippen LogP contribution in [0.15, 0.2) is 78.9 Å². The van der Waals surface area contributed by atoms with Gasteiger partial charge in [-0.05, 0) is 42.0 Å². The molecule has 0 unspecified atom stereocenters. The van der Waals surface area contributed by atoms with Gasteiger partial charge in [0.05, 0.1) is 16.2 Å². The van der Waals surface area contributed by atoms with E-state index in [2.05, 4.69) is 16.0 Å². The van der Waals surface area contributed by atoms with Crippen molar-refractivity contribution in [3.63, 3.8) is 0 Å². The van der Waals surface area contributed by atoms with Crippen molar-refractivity contribution in [3.05, 3.63) is 106 Å². The summed E-state index contributed by atoms with van der Waals surface area (Å²) in [4.78, 5) is 35.1. The quantitative estimate of drug-likeness (QED) is 0.310. The number of carbonyl (C=O) groups is 2. The van der Waals surface area contributed by atoms with Gasteiger partial charge in [-0.3, -0.25) is 25.0 Å². The van der Waals surface area contributed by atoms with Gasteiger partial charge in [0.1, 0.15) is 0 Å². The maximum atomic E-state index is 12.6. The lowest BCUT2D eigenvalue weighted by Crippen LogP contribution is -2.35. The molecular weight excluding hydrogens is 416 g/mol. The van der Waals surface area contributed by atoms with Gasteiger partial charge in [0, 0.05) is 24.2 Å². The minimum Gasteiger partial charge on any atom is -0.348 e. The van der Waals surface area contributed by atoms with E-state index in [1.807, 2.05) is 30.3 Å². The van der Waals surface area contributed by atoms with Crippen LogP contribution in [0.25, 0.3) is 0 Å². The molecule has 2 amide bonds. The van der Waals surface area contributed by atoms with Gasteiger partial charge >= 0.3 is 0 Å². The van der Waals surface area contributed by atoms with Gasteiger partial charge in [-0.25, -0.2) is 0 Å². The highest BCUT2D eigenvalue weighted by Gasteiger charge is 2.14. The van der Waals surface area contributed by atoms with E-state index in [4.69, 9.17) is 12.2 Å². The van der Waals surface area contributed by atoms with Crippen molar-refractivity contribution in [1.29, 1.82) is 0 Å². The first-order chi connectivity index (χ1) is 14.9. The van der Waals surface area contributed by atoms with Crippen LogP contribution >= 0.6 is 12.2 Å². The van der Waals surface area contributed by atoms with Crippen LogP contribution in [0.2, 0.25) is 0 Å². The van der Waals surface area contributed by atoms with Gasteiger partial charge in [-0.15, -0.1) is 0 Å².